The minimum Gasteiger partial charge on any atom is -0.465 e. The lowest BCUT2D eigenvalue weighted by Crippen LogP contribution is -2.60. The Morgan fingerprint density at radius 1 is 1.00 bits per heavy atom. The largest absolute Gasteiger partial charge is 0.465 e. The summed E-state index contributed by atoms with van der Waals surface area (Å²) in [5, 5.41) is 0. The molecule has 1 heterocycles. The van der Waals surface area contributed by atoms with Crippen LogP contribution in [0.1, 0.15) is 34.5 Å². The highest BCUT2D eigenvalue weighted by Crippen LogP contribution is 2.41. The Hall–Kier alpha value is -3.15. The van der Waals surface area contributed by atoms with Crippen molar-refractivity contribution in [2.75, 3.05) is 12.0 Å². The Morgan fingerprint density at radius 2 is 1.62 bits per heavy atom. The molecule has 0 bridgehead atoms. The summed E-state index contributed by atoms with van der Waals surface area (Å²) in [4.78, 5) is 37.1. The van der Waals surface area contributed by atoms with Crippen LogP contribution in [0.4, 0.5) is 5.69 Å². The van der Waals surface area contributed by atoms with Crippen molar-refractivity contribution in [1.82, 2.24) is 0 Å². The summed E-state index contributed by atoms with van der Waals surface area (Å²) < 4.78 is 9.91. The number of amides is 1. The lowest BCUT2D eigenvalue weighted by molar-refractivity contribution is -0.160. The third-order valence-corrected chi connectivity index (χ3v) is 4.32. The normalized spacial score (nSPS) is 18.9. The zero-order valence-corrected chi connectivity index (χ0v) is 14.8. The van der Waals surface area contributed by atoms with Crippen molar-refractivity contribution in [2.45, 2.75) is 26.0 Å². The van der Waals surface area contributed by atoms with Gasteiger partial charge in [-0.2, -0.15) is 0 Å². The summed E-state index contributed by atoms with van der Waals surface area (Å²) in [5.74, 6) is -1.24. The van der Waals surface area contributed by atoms with E-state index in [1.54, 1.807) is 29.2 Å². The van der Waals surface area contributed by atoms with Crippen LogP contribution in [-0.4, -0.2) is 31.1 Å². The molecule has 6 nitrogen and oxygen atoms in total. The van der Waals surface area contributed by atoms with Gasteiger partial charge >= 0.3 is 11.9 Å². The molecule has 0 radical (unpaired) electrons. The smallest absolute Gasteiger partial charge is 0.337 e. The first-order valence-electron chi connectivity index (χ1n) is 8.17. The van der Waals surface area contributed by atoms with Crippen LogP contribution >= 0.6 is 0 Å². The van der Waals surface area contributed by atoms with Crippen molar-refractivity contribution >= 4 is 23.5 Å². The molecule has 6 heteroatoms. The number of β-lactam (4-membered cyclic amide) rings is 1. The molecule has 1 fully saturated rings. The maximum absolute atomic E-state index is 12.6. The van der Waals surface area contributed by atoms with Crippen LogP contribution in [-0.2, 0) is 19.1 Å². The minimum atomic E-state index is -0.851. The number of methoxy groups -OCH3 is 1. The molecule has 1 aliphatic rings. The average Bonchev–Trinajstić information content (AvgIpc) is 2.64. The summed E-state index contributed by atoms with van der Waals surface area (Å²) in [6, 6.07) is 13.9. The van der Waals surface area contributed by atoms with Gasteiger partial charge in [-0.05, 0) is 36.8 Å². The van der Waals surface area contributed by atoms with Gasteiger partial charge in [-0.3, -0.25) is 14.5 Å². The zero-order chi connectivity index (χ0) is 18.8. The van der Waals surface area contributed by atoms with Gasteiger partial charge in [0.1, 0.15) is 6.04 Å². The van der Waals surface area contributed by atoms with Crippen LogP contribution in [0.5, 0.6) is 0 Å². The van der Waals surface area contributed by atoms with Gasteiger partial charge < -0.3 is 9.47 Å². The number of rotatable bonds is 4. The van der Waals surface area contributed by atoms with Gasteiger partial charge in [0.15, 0.2) is 0 Å². The highest BCUT2D eigenvalue weighted by atomic mass is 16.6. The molecule has 0 aromatic heterocycles. The third kappa shape index (κ3) is 3.18. The molecule has 2 aromatic rings. The number of aryl methyl sites for hydroxylation is 1. The molecule has 2 atom stereocenters. The maximum Gasteiger partial charge on any atom is 0.337 e. The van der Waals surface area contributed by atoms with Crippen molar-refractivity contribution in [3.05, 3.63) is 65.2 Å². The standard InChI is InChI=1S/C20H19NO5/c1-12-4-6-14(7-5-12)17-18(26-13(2)22)19(23)21(17)16-10-8-15(9-11-16)20(24)25-3/h4-11,17-18H,1-3H3/t17-,18-/m0/s1. The van der Waals surface area contributed by atoms with Crippen molar-refractivity contribution in [1.29, 1.82) is 0 Å². The van der Waals surface area contributed by atoms with Crippen molar-refractivity contribution in [3.63, 3.8) is 0 Å². The number of esters is 2. The van der Waals surface area contributed by atoms with E-state index in [4.69, 9.17) is 4.74 Å². The lowest BCUT2D eigenvalue weighted by atomic mass is 9.89. The second-order valence-corrected chi connectivity index (χ2v) is 6.13. The molecule has 0 spiro atoms. The Morgan fingerprint density at radius 3 is 2.15 bits per heavy atom. The lowest BCUT2D eigenvalue weighted by Gasteiger charge is -2.46. The van der Waals surface area contributed by atoms with Crippen molar-refractivity contribution < 1.29 is 23.9 Å². The van der Waals surface area contributed by atoms with E-state index in [9.17, 15) is 14.4 Å². The summed E-state index contributed by atoms with van der Waals surface area (Å²) >= 11 is 0. The molecule has 0 saturated carbocycles. The number of anilines is 1. The first-order valence-corrected chi connectivity index (χ1v) is 8.17. The number of ether oxygens (including phenoxy) is 2. The van der Waals surface area contributed by atoms with E-state index in [0.29, 0.717) is 11.3 Å². The first-order chi connectivity index (χ1) is 12.4. The molecule has 1 saturated heterocycles. The maximum atomic E-state index is 12.6. The van der Waals surface area contributed by atoms with Crippen molar-refractivity contribution in [2.24, 2.45) is 0 Å². The molecule has 1 amide bonds. The second-order valence-electron chi connectivity index (χ2n) is 6.13. The quantitative estimate of drug-likeness (QED) is 0.624. The highest BCUT2D eigenvalue weighted by molar-refractivity contribution is 6.06. The Bertz CT molecular complexity index is 842. The molecule has 1 aliphatic heterocycles. The molecule has 0 unspecified atom stereocenters. The monoisotopic (exact) mass is 353 g/mol. The van der Waals surface area contributed by atoms with Crippen molar-refractivity contribution in [3.8, 4) is 0 Å². The predicted octanol–water partition coefficient (Wildman–Crippen LogP) is 2.80. The molecule has 2 aromatic carbocycles. The number of hydrogen-bond donors (Lipinski definition) is 0. The van der Waals surface area contributed by atoms with Gasteiger partial charge in [-0.25, -0.2) is 4.79 Å². The topological polar surface area (TPSA) is 72.9 Å². The van der Waals surface area contributed by atoms with E-state index >= 15 is 0 Å². The fourth-order valence-electron chi connectivity index (χ4n) is 3.01. The number of carbonyl (C=O) groups excluding carboxylic acids is 3. The molecule has 0 N–H and O–H groups in total. The molecular weight excluding hydrogens is 334 g/mol. The van der Waals surface area contributed by atoms with Crippen LogP contribution < -0.4 is 4.90 Å². The number of benzene rings is 2. The van der Waals surface area contributed by atoms with E-state index in [-0.39, 0.29) is 5.91 Å². The predicted molar refractivity (Wildman–Crippen MR) is 94.7 cm³/mol. The molecule has 3 rings (SSSR count). The van der Waals surface area contributed by atoms with Gasteiger partial charge in [0.2, 0.25) is 6.10 Å². The summed E-state index contributed by atoms with van der Waals surface area (Å²) in [6.07, 6.45) is -0.851. The fraction of sp³-hybridized carbons (Fsp3) is 0.250. The Kier molecular flexibility index (Phi) is 4.75. The van der Waals surface area contributed by atoms with Crippen LogP contribution in [0.2, 0.25) is 0 Å². The van der Waals surface area contributed by atoms with Gasteiger partial charge in [-0.1, -0.05) is 29.8 Å². The fourth-order valence-corrected chi connectivity index (χ4v) is 3.01. The number of nitrogens with zero attached hydrogens (tertiary/aromatic N) is 1. The van der Waals surface area contributed by atoms with E-state index in [0.717, 1.165) is 11.1 Å². The van der Waals surface area contributed by atoms with Crippen LogP contribution in [0.15, 0.2) is 48.5 Å². The van der Waals surface area contributed by atoms with Crippen LogP contribution in [0.25, 0.3) is 0 Å². The molecule has 134 valence electrons. The zero-order valence-electron chi connectivity index (χ0n) is 14.8. The average molecular weight is 353 g/mol. The van der Waals surface area contributed by atoms with E-state index in [1.165, 1.54) is 14.0 Å². The Balaban J connectivity index is 1.93. The molecular formula is C20H19NO5. The molecule has 0 aliphatic carbocycles. The number of carbonyl (C=O) groups is 3. The van der Waals surface area contributed by atoms with Gasteiger partial charge in [-0.15, -0.1) is 0 Å². The third-order valence-electron chi connectivity index (χ3n) is 4.32. The SMILES string of the molecule is COC(=O)c1ccc(N2C(=O)[C@@H](OC(C)=O)[C@@H]2c2ccc(C)cc2)cc1. The number of hydrogen-bond acceptors (Lipinski definition) is 5. The van der Waals surface area contributed by atoms with Gasteiger partial charge in [0.25, 0.3) is 5.91 Å². The molecule has 26 heavy (non-hydrogen) atoms. The van der Waals surface area contributed by atoms with E-state index < -0.39 is 24.1 Å². The second kappa shape index (κ2) is 7.00. The summed E-state index contributed by atoms with van der Waals surface area (Å²) in [5.41, 5.74) is 2.99. The van der Waals surface area contributed by atoms with Crippen LogP contribution in [0, 0.1) is 6.92 Å². The van der Waals surface area contributed by atoms with Crippen LogP contribution in [0.3, 0.4) is 0 Å². The first kappa shape index (κ1) is 17.7. The van der Waals surface area contributed by atoms with E-state index in [2.05, 4.69) is 4.74 Å². The van der Waals surface area contributed by atoms with Gasteiger partial charge in [0, 0.05) is 12.6 Å². The summed E-state index contributed by atoms with van der Waals surface area (Å²) in [7, 11) is 1.31. The van der Waals surface area contributed by atoms with Gasteiger partial charge in [0.05, 0.1) is 12.7 Å². The highest BCUT2D eigenvalue weighted by Gasteiger charge is 2.51. The van der Waals surface area contributed by atoms with E-state index in [1.807, 2.05) is 31.2 Å². The minimum absolute atomic E-state index is 0.295. The summed E-state index contributed by atoms with van der Waals surface area (Å²) in [6.45, 7) is 3.26. The Labute approximate surface area is 151 Å².